The summed E-state index contributed by atoms with van der Waals surface area (Å²) in [5.74, 6) is 0.414. The molecule has 0 saturated heterocycles. The monoisotopic (exact) mass is 390 g/mol. The van der Waals surface area contributed by atoms with Gasteiger partial charge in [-0.05, 0) is 34.9 Å². The number of ether oxygens (including phenoxy) is 1. The Balaban J connectivity index is 2.80. The van der Waals surface area contributed by atoms with Crippen molar-refractivity contribution < 1.29 is 17.9 Å². The molecule has 0 aliphatic heterocycles. The van der Waals surface area contributed by atoms with Gasteiger partial charge in [-0.2, -0.15) is 13.2 Å². The van der Waals surface area contributed by atoms with Crippen LogP contribution in [0.2, 0.25) is 0 Å². The molecule has 1 aromatic heterocycles. The van der Waals surface area contributed by atoms with Crippen LogP contribution in [0.15, 0.2) is 4.79 Å². The van der Waals surface area contributed by atoms with Gasteiger partial charge in [-0.3, -0.25) is 4.79 Å². The first-order valence-electron chi connectivity index (χ1n) is 5.61. The van der Waals surface area contributed by atoms with Crippen LogP contribution < -0.4 is 5.56 Å². The van der Waals surface area contributed by atoms with Crippen molar-refractivity contribution in [2.75, 3.05) is 6.61 Å². The Morgan fingerprint density at radius 2 is 2.05 bits per heavy atom. The lowest BCUT2D eigenvalue weighted by Crippen LogP contribution is -2.22. The van der Waals surface area contributed by atoms with Gasteiger partial charge in [0.15, 0.2) is 0 Å². The second kappa shape index (κ2) is 6.69. The Morgan fingerprint density at radius 3 is 2.58 bits per heavy atom. The first-order valence-corrected chi connectivity index (χ1v) is 6.69. The number of rotatable bonds is 5. The summed E-state index contributed by atoms with van der Waals surface area (Å²) >= 11 is 1.88. The minimum Gasteiger partial charge on any atom is -0.364 e. The van der Waals surface area contributed by atoms with E-state index >= 15 is 0 Å². The lowest BCUT2D eigenvalue weighted by atomic mass is 10.1. The number of halogens is 4. The molecule has 19 heavy (non-hydrogen) atoms. The summed E-state index contributed by atoms with van der Waals surface area (Å²) in [5, 5.41) is 0. The van der Waals surface area contributed by atoms with Crippen molar-refractivity contribution >= 4 is 22.6 Å². The highest BCUT2D eigenvalue weighted by Gasteiger charge is 2.27. The van der Waals surface area contributed by atoms with Crippen LogP contribution >= 0.6 is 22.6 Å². The lowest BCUT2D eigenvalue weighted by molar-refractivity contribution is -0.177. The van der Waals surface area contributed by atoms with Crippen molar-refractivity contribution in [1.82, 2.24) is 9.97 Å². The Hall–Kier alpha value is -0.640. The number of aromatic amines is 1. The van der Waals surface area contributed by atoms with Gasteiger partial charge in [-0.15, -0.1) is 0 Å². The Bertz CT molecular complexity index is 486. The molecule has 0 radical (unpaired) electrons. The molecule has 0 spiro atoms. The molecule has 0 saturated carbocycles. The average Bonchev–Trinajstić information content (AvgIpc) is 2.22. The quantitative estimate of drug-likeness (QED) is 0.787. The number of nitrogens with one attached hydrogen (secondary N) is 1. The van der Waals surface area contributed by atoms with Crippen molar-refractivity contribution in [3.8, 4) is 0 Å². The van der Waals surface area contributed by atoms with E-state index in [0.717, 1.165) is 0 Å². The lowest BCUT2D eigenvalue weighted by Gasteiger charge is -2.10. The molecule has 1 rings (SSSR count). The maximum absolute atomic E-state index is 11.9. The fourth-order valence-electron chi connectivity index (χ4n) is 1.41. The van der Waals surface area contributed by atoms with Gasteiger partial charge in [-0.1, -0.05) is 13.8 Å². The van der Waals surface area contributed by atoms with Crippen LogP contribution in [0.5, 0.6) is 0 Å². The zero-order chi connectivity index (χ0) is 14.6. The molecule has 108 valence electrons. The maximum Gasteiger partial charge on any atom is 0.411 e. The predicted molar refractivity (Wildman–Crippen MR) is 71.8 cm³/mol. The molecule has 0 amide bonds. The van der Waals surface area contributed by atoms with Gasteiger partial charge in [-0.25, -0.2) is 4.98 Å². The summed E-state index contributed by atoms with van der Waals surface area (Å²) in [5.41, 5.74) is 0.238. The van der Waals surface area contributed by atoms with Crippen LogP contribution in [-0.4, -0.2) is 22.8 Å². The van der Waals surface area contributed by atoms with Crippen molar-refractivity contribution in [2.24, 2.45) is 5.92 Å². The SMILES string of the molecule is CC(C)Cc1nc(COCC(F)(F)F)[nH]c(=O)c1I. The number of hydrogen-bond acceptors (Lipinski definition) is 3. The predicted octanol–water partition coefficient (Wildman–Crippen LogP) is 2.65. The summed E-state index contributed by atoms with van der Waals surface area (Å²) in [6.07, 6.45) is -3.79. The molecule has 0 atom stereocenters. The van der Waals surface area contributed by atoms with Gasteiger partial charge >= 0.3 is 6.18 Å². The normalized spacial score (nSPS) is 12.2. The maximum atomic E-state index is 11.9. The van der Waals surface area contributed by atoms with Gasteiger partial charge in [0, 0.05) is 0 Å². The van der Waals surface area contributed by atoms with Gasteiger partial charge in [0.2, 0.25) is 0 Å². The number of alkyl halides is 3. The van der Waals surface area contributed by atoms with E-state index in [1.165, 1.54) is 0 Å². The van der Waals surface area contributed by atoms with E-state index < -0.39 is 12.8 Å². The summed E-state index contributed by atoms with van der Waals surface area (Å²) < 4.78 is 40.7. The first-order chi connectivity index (χ1) is 8.69. The number of aromatic nitrogens is 2. The van der Waals surface area contributed by atoms with Crippen LogP contribution in [0.25, 0.3) is 0 Å². The second-order valence-corrected chi connectivity index (χ2v) is 5.56. The molecule has 0 unspecified atom stereocenters. The molecular weight excluding hydrogens is 376 g/mol. The molecule has 1 heterocycles. The van der Waals surface area contributed by atoms with E-state index in [4.69, 9.17) is 0 Å². The van der Waals surface area contributed by atoms with Crippen molar-refractivity contribution in [3.05, 3.63) is 25.4 Å². The zero-order valence-corrected chi connectivity index (χ0v) is 12.6. The highest BCUT2D eigenvalue weighted by atomic mass is 127. The van der Waals surface area contributed by atoms with Crippen LogP contribution in [0, 0.1) is 9.49 Å². The molecule has 1 aromatic rings. The largest absolute Gasteiger partial charge is 0.411 e. The molecule has 1 N–H and O–H groups in total. The topological polar surface area (TPSA) is 55.0 Å². The minimum absolute atomic E-state index is 0.116. The van der Waals surface area contributed by atoms with Crippen molar-refractivity contribution in [1.29, 1.82) is 0 Å². The van der Waals surface area contributed by atoms with Crippen LogP contribution in [-0.2, 0) is 17.8 Å². The Kier molecular flexibility index (Phi) is 5.78. The van der Waals surface area contributed by atoms with E-state index in [9.17, 15) is 18.0 Å². The molecular formula is C11H14F3IN2O2. The van der Waals surface area contributed by atoms with E-state index in [-0.39, 0.29) is 18.0 Å². The first kappa shape index (κ1) is 16.4. The van der Waals surface area contributed by atoms with E-state index in [2.05, 4.69) is 14.7 Å². The summed E-state index contributed by atoms with van der Waals surface area (Å²) in [6, 6.07) is 0. The third-order valence-corrected chi connectivity index (χ3v) is 3.20. The summed E-state index contributed by atoms with van der Waals surface area (Å²) in [6.45, 7) is 2.22. The van der Waals surface area contributed by atoms with Gasteiger partial charge in [0.1, 0.15) is 19.0 Å². The van der Waals surface area contributed by atoms with Crippen LogP contribution in [0.4, 0.5) is 13.2 Å². The van der Waals surface area contributed by atoms with E-state index in [0.29, 0.717) is 21.6 Å². The summed E-state index contributed by atoms with van der Waals surface area (Å²) in [7, 11) is 0. The van der Waals surface area contributed by atoms with Gasteiger partial charge in [0.05, 0.1) is 9.26 Å². The standard InChI is InChI=1S/C11H14F3IN2O2/c1-6(2)3-7-9(15)10(18)17-8(16-7)4-19-5-11(12,13)14/h6H,3-5H2,1-2H3,(H,16,17,18). The van der Waals surface area contributed by atoms with Crippen LogP contribution in [0.3, 0.4) is 0 Å². The third-order valence-electron chi connectivity index (χ3n) is 2.09. The fourth-order valence-corrected chi connectivity index (χ4v) is 1.89. The summed E-state index contributed by atoms with van der Waals surface area (Å²) in [4.78, 5) is 18.2. The van der Waals surface area contributed by atoms with Crippen molar-refractivity contribution in [2.45, 2.75) is 33.1 Å². The number of hydrogen-bond donors (Lipinski definition) is 1. The molecule has 4 nitrogen and oxygen atoms in total. The molecule has 8 heteroatoms. The number of H-pyrrole nitrogens is 1. The Morgan fingerprint density at radius 1 is 1.42 bits per heavy atom. The smallest absolute Gasteiger partial charge is 0.364 e. The van der Waals surface area contributed by atoms with E-state index in [1.807, 2.05) is 36.4 Å². The molecule has 0 fully saturated rings. The third kappa shape index (κ3) is 5.89. The highest BCUT2D eigenvalue weighted by Crippen LogP contribution is 2.15. The minimum atomic E-state index is -4.38. The van der Waals surface area contributed by atoms with Crippen molar-refractivity contribution in [3.63, 3.8) is 0 Å². The van der Waals surface area contributed by atoms with Gasteiger partial charge < -0.3 is 9.72 Å². The molecule has 0 aliphatic carbocycles. The average molecular weight is 390 g/mol. The molecule has 0 aliphatic rings. The number of nitrogens with zero attached hydrogens (tertiary/aromatic N) is 1. The van der Waals surface area contributed by atoms with Gasteiger partial charge in [0.25, 0.3) is 5.56 Å². The Labute approximate surface area is 121 Å². The molecule has 0 bridgehead atoms. The second-order valence-electron chi connectivity index (χ2n) is 4.48. The van der Waals surface area contributed by atoms with Crippen LogP contribution in [0.1, 0.15) is 25.4 Å². The zero-order valence-electron chi connectivity index (χ0n) is 10.5. The molecule has 0 aromatic carbocycles. The fraction of sp³-hybridized carbons (Fsp3) is 0.636. The van der Waals surface area contributed by atoms with E-state index in [1.54, 1.807) is 0 Å². The highest BCUT2D eigenvalue weighted by molar-refractivity contribution is 14.1.